The summed E-state index contributed by atoms with van der Waals surface area (Å²) in [7, 11) is 0. The van der Waals surface area contributed by atoms with E-state index >= 15 is 0 Å². The van der Waals surface area contributed by atoms with Crippen LogP contribution < -0.4 is 0 Å². The van der Waals surface area contributed by atoms with Crippen LogP contribution in [-0.2, 0) is 42.7 Å². The van der Waals surface area contributed by atoms with Gasteiger partial charge in [0.2, 0.25) is 31.5 Å². The van der Waals surface area contributed by atoms with Crippen LogP contribution in [0.3, 0.4) is 0 Å². The largest absolute Gasteiger partial charge is 0.432 e. The van der Waals surface area contributed by atoms with Crippen molar-refractivity contribution in [1.82, 2.24) is 0 Å². The van der Waals surface area contributed by atoms with E-state index in [2.05, 4.69) is 13.5 Å². The summed E-state index contributed by atoms with van der Waals surface area (Å²) in [5.74, 6) is -0.955. The highest BCUT2D eigenvalue weighted by Crippen LogP contribution is 2.64. The van der Waals surface area contributed by atoms with Crippen molar-refractivity contribution in [2.75, 3.05) is 26.4 Å². The average Bonchev–Trinajstić information content (AvgIpc) is 3.42. The number of hydrogen-bond donors (Lipinski definition) is 14. The van der Waals surface area contributed by atoms with Crippen molar-refractivity contribution in [3.05, 3.63) is 12.2 Å². The first-order chi connectivity index (χ1) is 31.1. The predicted octanol–water partition coefficient (Wildman–Crippen LogP) is -4.07. The third-order valence-corrected chi connectivity index (χ3v) is 14.7. The van der Waals surface area contributed by atoms with Crippen LogP contribution in [0, 0.1) is 28.6 Å². The summed E-state index contributed by atoms with van der Waals surface area (Å²) in [5.41, 5.74) is -0.950. The normalized spacial score (nSPS) is 41.5. The van der Waals surface area contributed by atoms with E-state index in [1.165, 1.54) is 13.8 Å². The van der Waals surface area contributed by atoms with Gasteiger partial charge >= 0.3 is 5.97 Å². The van der Waals surface area contributed by atoms with Gasteiger partial charge in [-0.25, -0.2) is 0 Å². The van der Waals surface area contributed by atoms with Crippen molar-refractivity contribution in [3.8, 4) is 0 Å². The van der Waals surface area contributed by atoms with E-state index < -0.39 is 160 Å². The molecule has 23 heteroatoms. The Bertz CT molecular complexity index is 1540. The highest BCUT2D eigenvalue weighted by Gasteiger charge is 2.61. The first-order valence-electron chi connectivity index (χ1n) is 22.8. The van der Waals surface area contributed by atoms with Crippen molar-refractivity contribution in [2.45, 2.75) is 196 Å². The maximum absolute atomic E-state index is 14.9. The molecule has 0 spiro atoms. The van der Waals surface area contributed by atoms with E-state index in [1.807, 2.05) is 0 Å². The second-order valence-corrected chi connectivity index (χ2v) is 19.1. The zero-order chi connectivity index (χ0) is 49.0. The molecule has 3 aliphatic carbocycles. The third kappa shape index (κ3) is 11.9. The number of carbonyl (C=O) groups is 1. The number of ether oxygens (including phenoxy) is 8. The second-order valence-electron chi connectivity index (χ2n) is 19.1. The summed E-state index contributed by atoms with van der Waals surface area (Å²) in [5, 5.41) is 144. The van der Waals surface area contributed by atoms with Gasteiger partial charge < -0.3 is 109 Å². The fourth-order valence-corrected chi connectivity index (χ4v) is 11.0. The molecule has 14 N–H and O–H groups in total. The van der Waals surface area contributed by atoms with Crippen molar-refractivity contribution in [1.29, 1.82) is 0 Å². The molecule has 66 heavy (non-hydrogen) atoms. The van der Waals surface area contributed by atoms with E-state index in [-0.39, 0.29) is 17.8 Å². The van der Waals surface area contributed by atoms with Gasteiger partial charge in [-0.1, -0.05) is 19.9 Å². The molecule has 22 atom stereocenters. The lowest BCUT2D eigenvalue weighted by Crippen LogP contribution is -2.65. The van der Waals surface area contributed by atoms with Gasteiger partial charge in [-0.15, -0.1) is 0 Å². The van der Waals surface area contributed by atoms with Gasteiger partial charge in [0.25, 0.3) is 0 Å². The third-order valence-electron chi connectivity index (χ3n) is 14.7. The van der Waals surface area contributed by atoms with Crippen LogP contribution in [0.2, 0.25) is 0 Å². The standard InChI is InChI=1S/C43H74O23/c1-18-13-21-7-10-28-42(4,22(21)8-9-23(18)59-37-32(53)31(52)29(50)26(16-46)62-37)11-6-12-43(28,5)41(58)66-38-34(65-40(36(56)57)61-25(15-45)20(3)49)33(30(51)27(17-47)63-38)64-39(35(54)55)60-24(14-44)19(2)48/h19-40,44-57H,1,6-17H2,2-5H3/t19?,20?,21?,22-,23?,24?,25?,26?,27?,28?,29?,30?,31?,32?,33?,34?,37?,38?,39?,40?,42+,43-/m1/s1. The van der Waals surface area contributed by atoms with Gasteiger partial charge in [0.15, 0.2) is 12.4 Å². The van der Waals surface area contributed by atoms with Gasteiger partial charge in [-0.3, -0.25) is 4.79 Å². The first-order valence-corrected chi connectivity index (χ1v) is 22.8. The zero-order valence-corrected chi connectivity index (χ0v) is 37.8. The molecule has 0 radical (unpaired) electrons. The monoisotopic (exact) mass is 958 g/mol. The predicted molar refractivity (Wildman–Crippen MR) is 220 cm³/mol. The van der Waals surface area contributed by atoms with Crippen molar-refractivity contribution in [3.63, 3.8) is 0 Å². The Kier molecular flexibility index (Phi) is 19.7. The number of aliphatic hydroxyl groups excluding tert-OH is 12. The molecule has 2 heterocycles. The lowest BCUT2D eigenvalue weighted by Gasteiger charge is -2.59. The molecule has 19 unspecified atom stereocenters. The molecule has 5 rings (SSSR count). The van der Waals surface area contributed by atoms with Crippen LogP contribution in [0.1, 0.15) is 79.1 Å². The van der Waals surface area contributed by atoms with E-state index in [0.717, 1.165) is 12.0 Å². The molecule has 23 nitrogen and oxygen atoms in total. The molecule has 3 saturated carbocycles. The van der Waals surface area contributed by atoms with Gasteiger partial charge in [-0.05, 0) is 94.5 Å². The summed E-state index contributed by atoms with van der Waals surface area (Å²) in [4.78, 5) is 14.9. The average molecular weight is 959 g/mol. The van der Waals surface area contributed by atoms with Crippen LogP contribution in [0.4, 0.5) is 0 Å². The topological polar surface area (TPSA) is 374 Å². The number of esters is 1. The van der Waals surface area contributed by atoms with Crippen LogP contribution in [-0.4, -0.2) is 221 Å². The van der Waals surface area contributed by atoms with E-state index in [0.29, 0.717) is 44.9 Å². The minimum Gasteiger partial charge on any atom is -0.432 e. The SMILES string of the molecule is C=C1CC2CCC3[C@](C)(C(=O)OC4OC(CO)C(O)C(OC(OC(CO)C(C)O)C(O)O)C4OC(OC(CO)C(C)O)C(O)O)CCC[C@@]3(C)[C@@H]2CCC1OC1OC(CO)C(O)C(O)C1O. The summed E-state index contributed by atoms with van der Waals surface area (Å²) >= 11 is 0. The lowest BCUT2D eigenvalue weighted by atomic mass is 9.45. The molecule has 384 valence electrons. The van der Waals surface area contributed by atoms with Gasteiger partial charge in [0.05, 0.1) is 50.2 Å². The van der Waals surface area contributed by atoms with Crippen LogP contribution in [0.25, 0.3) is 0 Å². The van der Waals surface area contributed by atoms with Gasteiger partial charge in [0.1, 0.15) is 54.9 Å². The van der Waals surface area contributed by atoms with E-state index in [4.69, 9.17) is 37.9 Å². The number of hydrogen-bond acceptors (Lipinski definition) is 23. The Labute approximate surface area is 383 Å². The van der Waals surface area contributed by atoms with Gasteiger partial charge in [0, 0.05) is 0 Å². The minimum atomic E-state index is -2.53. The van der Waals surface area contributed by atoms with Crippen LogP contribution in [0.5, 0.6) is 0 Å². The zero-order valence-electron chi connectivity index (χ0n) is 37.8. The molecule has 0 aromatic rings. The lowest BCUT2D eigenvalue weighted by molar-refractivity contribution is -0.384. The fourth-order valence-electron chi connectivity index (χ4n) is 11.0. The first kappa shape index (κ1) is 55.3. The molecule has 0 aromatic carbocycles. The Morgan fingerprint density at radius 3 is 1.79 bits per heavy atom. The number of aliphatic hydroxyl groups is 14. The summed E-state index contributed by atoms with van der Waals surface area (Å²) in [6, 6.07) is 0. The number of rotatable bonds is 20. The fraction of sp³-hybridized carbons (Fsp3) is 0.930. The van der Waals surface area contributed by atoms with E-state index in [9.17, 15) is 76.3 Å². The number of carbonyl (C=O) groups excluding carboxylic acids is 1. The molecule has 2 aliphatic heterocycles. The van der Waals surface area contributed by atoms with E-state index in [1.54, 1.807) is 6.92 Å². The molecular weight excluding hydrogens is 884 g/mol. The molecule has 5 fully saturated rings. The molecule has 0 bridgehead atoms. The molecule has 0 amide bonds. The molecular formula is C43H74O23. The maximum Gasteiger partial charge on any atom is 0.314 e. The van der Waals surface area contributed by atoms with Crippen molar-refractivity contribution >= 4 is 5.97 Å². The summed E-state index contributed by atoms with van der Waals surface area (Å²) in [6.07, 6.45) is -28.0. The quantitative estimate of drug-likeness (QED) is 0.0314. The number of fused-ring (bicyclic) bond motifs is 3. The maximum atomic E-state index is 14.9. The Morgan fingerprint density at radius 1 is 0.712 bits per heavy atom. The Hall–Kier alpha value is -1.63. The Balaban J connectivity index is 1.43. The highest BCUT2D eigenvalue weighted by atomic mass is 16.8. The Morgan fingerprint density at radius 2 is 1.26 bits per heavy atom. The summed E-state index contributed by atoms with van der Waals surface area (Å²) < 4.78 is 46.5. The molecule has 5 aliphatic rings. The molecule has 2 saturated heterocycles. The molecule has 0 aromatic heterocycles. The van der Waals surface area contributed by atoms with Crippen LogP contribution >= 0.6 is 0 Å². The second kappa shape index (κ2) is 23.5. The highest BCUT2D eigenvalue weighted by molar-refractivity contribution is 5.77. The summed E-state index contributed by atoms with van der Waals surface area (Å²) in [6.45, 7) is 7.45. The van der Waals surface area contributed by atoms with Gasteiger partial charge in [-0.2, -0.15) is 0 Å². The minimum absolute atomic E-state index is 0.0288. The van der Waals surface area contributed by atoms with Crippen LogP contribution in [0.15, 0.2) is 12.2 Å². The van der Waals surface area contributed by atoms with Crippen molar-refractivity contribution < 1.29 is 114 Å². The smallest absolute Gasteiger partial charge is 0.314 e. The van der Waals surface area contributed by atoms with Crippen molar-refractivity contribution in [2.24, 2.45) is 28.6 Å².